The van der Waals surface area contributed by atoms with Crippen molar-refractivity contribution in [2.24, 2.45) is 5.16 Å². The van der Waals surface area contributed by atoms with Crippen molar-refractivity contribution in [2.45, 2.75) is 6.92 Å². The molecule has 0 aliphatic carbocycles. The number of hydrogen-bond acceptors (Lipinski definition) is 4. The second-order valence-electron chi connectivity index (χ2n) is 4.29. The van der Waals surface area contributed by atoms with Gasteiger partial charge in [-0.25, -0.2) is 4.98 Å². The lowest BCUT2D eigenvalue weighted by Gasteiger charge is -2.08. The fraction of sp³-hybridized carbons (Fsp3) is 0.0667. The van der Waals surface area contributed by atoms with Crippen LogP contribution in [0.3, 0.4) is 0 Å². The summed E-state index contributed by atoms with van der Waals surface area (Å²) in [5.74, 6) is 0.806. The van der Waals surface area contributed by atoms with Crippen molar-refractivity contribution in [1.82, 2.24) is 9.71 Å². The van der Waals surface area contributed by atoms with E-state index in [-0.39, 0.29) is 5.90 Å². The highest BCUT2D eigenvalue weighted by atomic mass is 16.7. The fourth-order valence-electron chi connectivity index (χ4n) is 2.02. The first kappa shape index (κ1) is 12.2. The van der Waals surface area contributed by atoms with E-state index in [9.17, 15) is 0 Å². The van der Waals surface area contributed by atoms with E-state index >= 15 is 0 Å². The SMILES string of the molecule is C/C(=N\O)On1c(-c2ccccc2)nc2ccccc21. The average Bonchev–Trinajstić information content (AvgIpc) is 2.87. The van der Waals surface area contributed by atoms with Crippen LogP contribution in [-0.4, -0.2) is 20.8 Å². The van der Waals surface area contributed by atoms with Gasteiger partial charge in [-0.2, -0.15) is 4.73 Å². The van der Waals surface area contributed by atoms with E-state index in [1.807, 2.05) is 54.6 Å². The van der Waals surface area contributed by atoms with Crippen LogP contribution in [0.15, 0.2) is 59.8 Å². The summed E-state index contributed by atoms with van der Waals surface area (Å²) in [6, 6.07) is 17.4. The minimum absolute atomic E-state index is 0.144. The van der Waals surface area contributed by atoms with E-state index in [0.717, 1.165) is 16.6 Å². The molecule has 3 rings (SSSR count). The summed E-state index contributed by atoms with van der Waals surface area (Å²) in [5.41, 5.74) is 2.56. The molecular formula is C15H13N3O2. The summed E-state index contributed by atoms with van der Waals surface area (Å²) < 4.78 is 1.57. The van der Waals surface area contributed by atoms with Crippen molar-refractivity contribution in [3.63, 3.8) is 0 Å². The molecule has 0 aliphatic rings. The van der Waals surface area contributed by atoms with Gasteiger partial charge >= 0.3 is 0 Å². The normalized spacial score (nSPS) is 11.8. The Morgan fingerprint density at radius 2 is 1.80 bits per heavy atom. The van der Waals surface area contributed by atoms with Gasteiger partial charge in [-0.05, 0) is 12.1 Å². The zero-order valence-corrected chi connectivity index (χ0v) is 10.9. The van der Waals surface area contributed by atoms with Crippen LogP contribution in [0.5, 0.6) is 0 Å². The lowest BCUT2D eigenvalue weighted by molar-refractivity contribution is 0.240. The molecule has 0 amide bonds. The number of oxime groups is 1. The van der Waals surface area contributed by atoms with Gasteiger partial charge in [0, 0.05) is 12.5 Å². The molecule has 0 bridgehead atoms. The van der Waals surface area contributed by atoms with Crippen LogP contribution < -0.4 is 4.84 Å². The van der Waals surface area contributed by atoms with Gasteiger partial charge in [0.15, 0.2) is 5.82 Å². The number of imidazole rings is 1. The number of fused-ring (bicyclic) bond motifs is 1. The molecule has 0 saturated heterocycles. The molecule has 20 heavy (non-hydrogen) atoms. The number of rotatable bonds is 2. The third-order valence-electron chi connectivity index (χ3n) is 2.92. The van der Waals surface area contributed by atoms with Crippen LogP contribution in [0.4, 0.5) is 0 Å². The Labute approximate surface area is 115 Å². The van der Waals surface area contributed by atoms with Crippen LogP contribution in [0, 0.1) is 0 Å². The zero-order valence-electron chi connectivity index (χ0n) is 10.9. The second-order valence-corrected chi connectivity index (χ2v) is 4.29. The topological polar surface area (TPSA) is 59.6 Å². The Morgan fingerprint density at radius 3 is 2.55 bits per heavy atom. The van der Waals surface area contributed by atoms with Gasteiger partial charge in [-0.15, -0.1) is 0 Å². The lowest BCUT2D eigenvalue weighted by atomic mass is 10.2. The molecular weight excluding hydrogens is 254 g/mol. The van der Waals surface area contributed by atoms with Gasteiger partial charge in [0.1, 0.15) is 5.52 Å². The first-order valence-corrected chi connectivity index (χ1v) is 6.19. The average molecular weight is 267 g/mol. The van der Waals surface area contributed by atoms with Crippen molar-refractivity contribution < 1.29 is 10.0 Å². The summed E-state index contributed by atoms with van der Waals surface area (Å²) in [7, 11) is 0. The van der Waals surface area contributed by atoms with Gasteiger partial charge in [0.25, 0.3) is 5.90 Å². The third kappa shape index (κ3) is 2.09. The van der Waals surface area contributed by atoms with Crippen molar-refractivity contribution >= 4 is 16.9 Å². The molecule has 0 spiro atoms. The maximum Gasteiger partial charge on any atom is 0.255 e. The summed E-state index contributed by atoms with van der Waals surface area (Å²) in [6.07, 6.45) is 0. The monoisotopic (exact) mass is 267 g/mol. The molecule has 5 nitrogen and oxygen atoms in total. The summed E-state index contributed by atoms with van der Waals surface area (Å²) in [5, 5.41) is 11.8. The van der Waals surface area contributed by atoms with E-state index in [1.165, 1.54) is 0 Å². The van der Waals surface area contributed by atoms with Gasteiger partial charge in [-0.1, -0.05) is 47.6 Å². The Balaban J connectivity index is 2.23. The highest BCUT2D eigenvalue weighted by molar-refractivity contribution is 5.82. The largest absolute Gasteiger partial charge is 0.408 e. The van der Waals surface area contributed by atoms with Crippen molar-refractivity contribution in [3.8, 4) is 11.4 Å². The Morgan fingerprint density at radius 1 is 1.10 bits per heavy atom. The molecule has 0 unspecified atom stereocenters. The molecule has 0 saturated carbocycles. The fourth-order valence-corrected chi connectivity index (χ4v) is 2.02. The molecule has 0 fully saturated rings. The van der Waals surface area contributed by atoms with Crippen LogP contribution in [0.25, 0.3) is 22.4 Å². The summed E-state index contributed by atoms with van der Waals surface area (Å²) in [6.45, 7) is 1.57. The Hall–Kier alpha value is -2.82. The van der Waals surface area contributed by atoms with E-state index in [2.05, 4.69) is 10.1 Å². The molecule has 3 aromatic rings. The molecule has 1 aromatic heterocycles. The molecule has 5 heteroatoms. The van der Waals surface area contributed by atoms with Gasteiger partial charge < -0.3 is 10.0 Å². The zero-order chi connectivity index (χ0) is 13.9. The van der Waals surface area contributed by atoms with Crippen molar-refractivity contribution in [2.75, 3.05) is 0 Å². The standard InChI is InChI=1S/C15H13N3O2/c1-11(17-19)20-18-14-10-6-5-9-13(14)16-15(18)12-7-3-2-4-8-12/h2-10,19H,1H3/b17-11+. The number of benzene rings is 2. The van der Waals surface area contributed by atoms with Crippen LogP contribution in [-0.2, 0) is 0 Å². The molecule has 0 aliphatic heterocycles. The third-order valence-corrected chi connectivity index (χ3v) is 2.92. The number of aromatic nitrogens is 2. The smallest absolute Gasteiger partial charge is 0.255 e. The Bertz CT molecular complexity index is 763. The van der Waals surface area contributed by atoms with Gasteiger partial charge in [0.2, 0.25) is 0 Å². The Kier molecular flexibility index (Phi) is 3.09. The summed E-state index contributed by atoms with van der Waals surface area (Å²) >= 11 is 0. The van der Waals surface area contributed by atoms with Crippen LogP contribution in [0.2, 0.25) is 0 Å². The molecule has 1 N–H and O–H groups in total. The minimum atomic E-state index is 0.144. The first-order chi connectivity index (χ1) is 9.79. The highest BCUT2D eigenvalue weighted by Crippen LogP contribution is 2.23. The lowest BCUT2D eigenvalue weighted by Crippen LogP contribution is -2.17. The van der Waals surface area contributed by atoms with E-state index in [4.69, 9.17) is 10.0 Å². The first-order valence-electron chi connectivity index (χ1n) is 6.19. The van der Waals surface area contributed by atoms with E-state index in [1.54, 1.807) is 11.7 Å². The highest BCUT2D eigenvalue weighted by Gasteiger charge is 2.14. The number of nitrogens with zero attached hydrogens (tertiary/aromatic N) is 3. The predicted molar refractivity (Wildman–Crippen MR) is 76.6 cm³/mol. The second kappa shape index (κ2) is 5.05. The van der Waals surface area contributed by atoms with E-state index in [0.29, 0.717) is 5.82 Å². The quantitative estimate of drug-likeness (QED) is 0.336. The maximum atomic E-state index is 8.80. The van der Waals surface area contributed by atoms with E-state index < -0.39 is 0 Å². The number of para-hydroxylation sites is 2. The van der Waals surface area contributed by atoms with Crippen molar-refractivity contribution in [3.05, 3.63) is 54.6 Å². The molecule has 1 heterocycles. The molecule has 0 radical (unpaired) electrons. The van der Waals surface area contributed by atoms with Gasteiger partial charge in [-0.3, -0.25) is 0 Å². The molecule has 0 atom stereocenters. The minimum Gasteiger partial charge on any atom is -0.408 e. The maximum absolute atomic E-state index is 8.80. The predicted octanol–water partition coefficient (Wildman–Crippen LogP) is 2.94. The molecule has 2 aromatic carbocycles. The molecule has 100 valence electrons. The van der Waals surface area contributed by atoms with Crippen LogP contribution >= 0.6 is 0 Å². The number of hydrogen-bond donors (Lipinski definition) is 1. The van der Waals surface area contributed by atoms with Gasteiger partial charge in [0.05, 0.1) is 5.52 Å². The van der Waals surface area contributed by atoms with Crippen LogP contribution in [0.1, 0.15) is 6.92 Å². The summed E-state index contributed by atoms with van der Waals surface area (Å²) in [4.78, 5) is 10.1. The van der Waals surface area contributed by atoms with Crippen molar-refractivity contribution in [1.29, 1.82) is 0 Å².